The van der Waals surface area contributed by atoms with E-state index in [0.717, 1.165) is 0 Å². The van der Waals surface area contributed by atoms with Crippen LogP contribution in [0.15, 0.2) is 47.1 Å². The average molecular weight is 364 g/mol. The number of esters is 1. The molecule has 24 heavy (non-hydrogen) atoms. The van der Waals surface area contributed by atoms with Gasteiger partial charge in [-0.05, 0) is 42.0 Å². The molecule has 2 aromatic carbocycles. The molecular weight excluding hydrogens is 353 g/mol. The number of carbonyl (C=O) groups is 1. The van der Waals surface area contributed by atoms with Gasteiger partial charge in [-0.25, -0.2) is 9.79 Å². The Balaban J connectivity index is 1.97. The molecule has 2 aromatic rings. The Hall–Kier alpha value is -2.50. The van der Waals surface area contributed by atoms with Crippen LogP contribution in [0.2, 0.25) is 10.0 Å². The van der Waals surface area contributed by atoms with Gasteiger partial charge in [0.15, 0.2) is 17.2 Å². The third-order valence-corrected chi connectivity index (χ3v) is 3.84. The smallest absolute Gasteiger partial charge is 0.363 e. The summed E-state index contributed by atoms with van der Waals surface area (Å²) in [5, 5.41) is 10.4. The number of hydrogen-bond acceptors (Lipinski definition) is 5. The van der Waals surface area contributed by atoms with E-state index >= 15 is 0 Å². The van der Waals surface area contributed by atoms with Gasteiger partial charge in [0.1, 0.15) is 0 Å². The number of methoxy groups -OCH3 is 1. The maximum atomic E-state index is 12.0. The third kappa shape index (κ3) is 3.22. The van der Waals surface area contributed by atoms with Crippen LogP contribution in [0.1, 0.15) is 11.1 Å². The van der Waals surface area contributed by atoms with E-state index in [0.29, 0.717) is 26.9 Å². The maximum absolute atomic E-state index is 12.0. The van der Waals surface area contributed by atoms with E-state index in [1.54, 1.807) is 30.3 Å². The first-order valence-corrected chi connectivity index (χ1v) is 7.58. The van der Waals surface area contributed by atoms with Gasteiger partial charge in [-0.1, -0.05) is 29.3 Å². The topological polar surface area (TPSA) is 68.1 Å². The Morgan fingerprint density at radius 3 is 2.71 bits per heavy atom. The van der Waals surface area contributed by atoms with E-state index in [4.69, 9.17) is 32.7 Å². The highest BCUT2D eigenvalue weighted by atomic mass is 35.5. The van der Waals surface area contributed by atoms with Gasteiger partial charge in [-0.2, -0.15) is 0 Å². The minimum absolute atomic E-state index is 0.00536. The second kappa shape index (κ2) is 6.55. The summed E-state index contributed by atoms with van der Waals surface area (Å²) in [5.41, 5.74) is 1.22. The highest BCUT2D eigenvalue weighted by Gasteiger charge is 2.25. The zero-order valence-corrected chi connectivity index (χ0v) is 13.9. The average Bonchev–Trinajstić information content (AvgIpc) is 2.89. The fourth-order valence-electron chi connectivity index (χ4n) is 2.13. The molecule has 0 amide bonds. The summed E-state index contributed by atoms with van der Waals surface area (Å²) in [6.07, 6.45) is 1.53. The summed E-state index contributed by atoms with van der Waals surface area (Å²) < 4.78 is 10.2. The summed E-state index contributed by atoms with van der Waals surface area (Å²) in [4.78, 5) is 16.2. The van der Waals surface area contributed by atoms with Crippen molar-refractivity contribution in [2.45, 2.75) is 0 Å². The van der Waals surface area contributed by atoms with Crippen LogP contribution in [0.25, 0.3) is 6.08 Å². The Labute approximate surface area is 147 Å². The normalized spacial score (nSPS) is 15.4. The van der Waals surface area contributed by atoms with Crippen LogP contribution in [0.4, 0.5) is 0 Å². The van der Waals surface area contributed by atoms with Crippen molar-refractivity contribution in [1.29, 1.82) is 0 Å². The summed E-state index contributed by atoms with van der Waals surface area (Å²) in [5.74, 6) is -0.187. The Kier molecular flexibility index (Phi) is 4.46. The van der Waals surface area contributed by atoms with Crippen molar-refractivity contribution in [3.05, 3.63) is 63.3 Å². The number of carbonyl (C=O) groups excluding carboxylic acids is 1. The van der Waals surface area contributed by atoms with Gasteiger partial charge in [0.2, 0.25) is 5.90 Å². The van der Waals surface area contributed by atoms with Gasteiger partial charge in [-0.3, -0.25) is 0 Å². The number of benzene rings is 2. The molecule has 1 aliphatic heterocycles. The predicted octanol–water partition coefficient (Wildman–Crippen LogP) is 4.05. The van der Waals surface area contributed by atoms with Crippen molar-refractivity contribution in [3.8, 4) is 11.5 Å². The number of nitrogens with zero attached hydrogens (tertiary/aromatic N) is 1. The second-order valence-electron chi connectivity index (χ2n) is 4.89. The van der Waals surface area contributed by atoms with Gasteiger partial charge >= 0.3 is 5.97 Å². The molecule has 3 rings (SSSR count). The third-order valence-electron chi connectivity index (χ3n) is 3.29. The molecule has 7 heteroatoms. The van der Waals surface area contributed by atoms with Crippen LogP contribution >= 0.6 is 23.2 Å². The Bertz CT molecular complexity index is 890. The van der Waals surface area contributed by atoms with Crippen molar-refractivity contribution in [1.82, 2.24) is 0 Å². The molecule has 0 bridgehead atoms. The molecule has 0 unspecified atom stereocenters. The molecule has 0 saturated carbocycles. The van der Waals surface area contributed by atoms with Crippen LogP contribution in [-0.2, 0) is 9.53 Å². The SMILES string of the molecule is COc1cc(/C=C2\N=C(c3ccc(Cl)cc3Cl)OC2=O)ccc1O. The lowest BCUT2D eigenvalue weighted by Crippen LogP contribution is -2.05. The molecule has 0 saturated heterocycles. The number of phenols is 1. The minimum Gasteiger partial charge on any atom is -0.504 e. The zero-order valence-electron chi connectivity index (χ0n) is 12.4. The number of phenolic OH excluding ortho intramolecular Hbond substituents is 1. The summed E-state index contributed by atoms with van der Waals surface area (Å²) in [6, 6.07) is 9.47. The molecule has 0 atom stereocenters. The quantitative estimate of drug-likeness (QED) is 0.659. The predicted molar refractivity (Wildman–Crippen MR) is 91.7 cm³/mol. The van der Waals surface area contributed by atoms with Crippen molar-refractivity contribution in [2.24, 2.45) is 4.99 Å². The standard InChI is InChI=1S/C17H11Cl2NO4/c1-23-15-7-9(2-5-14(15)21)6-13-17(22)24-16(20-13)11-4-3-10(18)8-12(11)19/h2-8,21H,1H3/b13-6-. The summed E-state index contributed by atoms with van der Waals surface area (Å²) >= 11 is 12.0. The molecule has 1 N–H and O–H groups in total. The largest absolute Gasteiger partial charge is 0.504 e. The summed E-state index contributed by atoms with van der Waals surface area (Å²) in [6.45, 7) is 0. The second-order valence-corrected chi connectivity index (χ2v) is 5.74. The number of cyclic esters (lactones) is 1. The molecular formula is C17H11Cl2NO4. The molecule has 1 aliphatic rings. The molecule has 0 aliphatic carbocycles. The summed E-state index contributed by atoms with van der Waals surface area (Å²) in [7, 11) is 1.44. The Morgan fingerprint density at radius 1 is 1.21 bits per heavy atom. The monoisotopic (exact) mass is 363 g/mol. The van der Waals surface area contributed by atoms with Crippen molar-refractivity contribution in [2.75, 3.05) is 7.11 Å². The number of ether oxygens (including phenoxy) is 2. The highest BCUT2D eigenvalue weighted by Crippen LogP contribution is 2.29. The number of halogens is 2. The van der Waals surface area contributed by atoms with E-state index in [1.807, 2.05) is 0 Å². The van der Waals surface area contributed by atoms with Crippen molar-refractivity contribution in [3.63, 3.8) is 0 Å². The van der Waals surface area contributed by atoms with E-state index in [1.165, 1.54) is 19.3 Å². The zero-order chi connectivity index (χ0) is 17.3. The van der Waals surface area contributed by atoms with Crippen molar-refractivity contribution < 1.29 is 19.4 Å². The van der Waals surface area contributed by atoms with Crippen LogP contribution in [0.3, 0.4) is 0 Å². The van der Waals surface area contributed by atoms with Gasteiger partial charge in [0.05, 0.1) is 17.7 Å². The van der Waals surface area contributed by atoms with E-state index in [-0.39, 0.29) is 17.3 Å². The molecule has 0 spiro atoms. The Morgan fingerprint density at radius 2 is 2.00 bits per heavy atom. The fourth-order valence-corrected chi connectivity index (χ4v) is 2.62. The van der Waals surface area contributed by atoms with E-state index < -0.39 is 5.97 Å². The first kappa shape index (κ1) is 16.4. The van der Waals surface area contributed by atoms with Gasteiger partial charge in [0, 0.05) is 5.02 Å². The van der Waals surface area contributed by atoms with Crippen LogP contribution in [0.5, 0.6) is 11.5 Å². The lowest BCUT2D eigenvalue weighted by Gasteiger charge is -2.03. The molecule has 122 valence electrons. The molecule has 0 fully saturated rings. The number of rotatable bonds is 3. The van der Waals surface area contributed by atoms with E-state index in [2.05, 4.69) is 4.99 Å². The van der Waals surface area contributed by atoms with E-state index in [9.17, 15) is 9.90 Å². The fraction of sp³-hybridized carbons (Fsp3) is 0.0588. The first-order valence-electron chi connectivity index (χ1n) is 6.83. The van der Waals surface area contributed by atoms with Crippen LogP contribution in [-0.4, -0.2) is 24.1 Å². The number of hydrogen-bond donors (Lipinski definition) is 1. The lowest BCUT2D eigenvalue weighted by molar-refractivity contribution is -0.129. The molecule has 0 aromatic heterocycles. The van der Waals surface area contributed by atoms with Gasteiger partial charge in [-0.15, -0.1) is 0 Å². The van der Waals surface area contributed by atoms with Gasteiger partial charge < -0.3 is 14.6 Å². The molecule has 0 radical (unpaired) electrons. The highest BCUT2D eigenvalue weighted by molar-refractivity contribution is 6.37. The minimum atomic E-state index is -0.594. The van der Waals surface area contributed by atoms with Gasteiger partial charge in [0.25, 0.3) is 0 Å². The van der Waals surface area contributed by atoms with Crippen LogP contribution in [0, 0.1) is 0 Å². The first-order chi connectivity index (χ1) is 11.5. The molecule has 5 nitrogen and oxygen atoms in total. The number of aromatic hydroxyl groups is 1. The maximum Gasteiger partial charge on any atom is 0.363 e. The number of aliphatic imine (C=N–C) groups is 1. The lowest BCUT2D eigenvalue weighted by atomic mass is 10.1. The molecule has 1 heterocycles. The van der Waals surface area contributed by atoms with Crippen LogP contribution < -0.4 is 4.74 Å². The van der Waals surface area contributed by atoms with Crippen molar-refractivity contribution >= 4 is 41.1 Å².